The summed E-state index contributed by atoms with van der Waals surface area (Å²) in [5, 5.41) is 17.5. The summed E-state index contributed by atoms with van der Waals surface area (Å²) < 4.78 is 8.10. The largest absolute Gasteiger partial charge is 0.481 e. The van der Waals surface area contributed by atoms with Crippen molar-refractivity contribution in [3.05, 3.63) is 69.5 Å². The summed E-state index contributed by atoms with van der Waals surface area (Å²) in [6.07, 6.45) is 2.02. The van der Waals surface area contributed by atoms with Gasteiger partial charge < -0.3 is 9.84 Å². The van der Waals surface area contributed by atoms with Crippen molar-refractivity contribution in [2.75, 3.05) is 5.32 Å². The number of carboxylic acid groups (broad SMARTS) is 1. The Labute approximate surface area is 204 Å². The van der Waals surface area contributed by atoms with Crippen molar-refractivity contribution >= 4 is 50.0 Å². The van der Waals surface area contributed by atoms with E-state index < -0.39 is 23.6 Å². The van der Waals surface area contributed by atoms with E-state index >= 15 is 0 Å². The SMILES string of the molecule is CC(OC(=O)Nc1c(C#Cc2cc3cc(C4(C(=O)O)CC4)sc3s2)cnn1C)c1ccccc1. The van der Waals surface area contributed by atoms with Gasteiger partial charge in [-0.3, -0.25) is 14.8 Å². The normalized spacial score (nSPS) is 14.8. The maximum absolute atomic E-state index is 12.5. The van der Waals surface area contributed by atoms with Crippen LogP contribution in [-0.2, 0) is 22.0 Å². The van der Waals surface area contributed by atoms with E-state index in [0.29, 0.717) is 24.2 Å². The Balaban J connectivity index is 1.30. The van der Waals surface area contributed by atoms with Gasteiger partial charge in [0.2, 0.25) is 0 Å². The molecule has 34 heavy (non-hydrogen) atoms. The van der Waals surface area contributed by atoms with Crippen LogP contribution in [0.25, 0.3) is 9.40 Å². The van der Waals surface area contributed by atoms with E-state index in [1.807, 2.05) is 49.4 Å². The lowest BCUT2D eigenvalue weighted by Crippen LogP contribution is -2.18. The van der Waals surface area contributed by atoms with Gasteiger partial charge in [-0.1, -0.05) is 42.2 Å². The highest BCUT2D eigenvalue weighted by Crippen LogP contribution is 2.52. The zero-order chi connectivity index (χ0) is 23.9. The molecule has 3 heterocycles. The number of rotatable bonds is 5. The van der Waals surface area contributed by atoms with Crippen LogP contribution in [0.2, 0.25) is 0 Å². The van der Waals surface area contributed by atoms with Gasteiger partial charge in [0.1, 0.15) is 17.3 Å². The zero-order valence-corrected chi connectivity index (χ0v) is 20.1. The van der Waals surface area contributed by atoms with E-state index in [4.69, 9.17) is 4.74 Å². The van der Waals surface area contributed by atoms with E-state index in [0.717, 1.165) is 24.7 Å². The molecule has 7 nitrogen and oxygen atoms in total. The zero-order valence-electron chi connectivity index (χ0n) is 18.5. The Morgan fingerprint density at radius 3 is 2.65 bits per heavy atom. The van der Waals surface area contributed by atoms with Gasteiger partial charge in [0.15, 0.2) is 0 Å². The molecule has 1 unspecified atom stereocenters. The number of aliphatic carboxylic acids is 1. The Morgan fingerprint density at radius 2 is 1.97 bits per heavy atom. The maximum atomic E-state index is 12.5. The number of aryl methyl sites for hydroxylation is 1. The lowest BCUT2D eigenvalue weighted by atomic mass is 10.1. The molecule has 2 N–H and O–H groups in total. The molecule has 0 aliphatic heterocycles. The molecule has 1 fully saturated rings. The van der Waals surface area contributed by atoms with Crippen molar-refractivity contribution < 1.29 is 19.4 Å². The molecule has 1 saturated carbocycles. The molecule has 0 bridgehead atoms. The number of carbonyl (C=O) groups is 2. The lowest BCUT2D eigenvalue weighted by molar-refractivity contribution is -0.139. The number of thiophene rings is 2. The van der Waals surface area contributed by atoms with Crippen LogP contribution in [0.15, 0.2) is 48.7 Å². The number of nitrogens with one attached hydrogen (secondary N) is 1. The number of hydrogen-bond donors (Lipinski definition) is 2. The first-order chi connectivity index (χ1) is 16.4. The predicted octanol–water partition coefficient (Wildman–Crippen LogP) is 5.52. The number of hydrogen-bond acceptors (Lipinski definition) is 6. The number of benzene rings is 1. The predicted molar refractivity (Wildman–Crippen MR) is 132 cm³/mol. The van der Waals surface area contributed by atoms with Crippen LogP contribution in [0.5, 0.6) is 0 Å². The number of carbonyl (C=O) groups excluding carboxylic acids is 1. The van der Waals surface area contributed by atoms with Crippen molar-refractivity contribution in [1.29, 1.82) is 0 Å². The molecule has 172 valence electrons. The van der Waals surface area contributed by atoms with Crippen molar-refractivity contribution in [1.82, 2.24) is 9.78 Å². The first-order valence-electron chi connectivity index (χ1n) is 10.7. The van der Waals surface area contributed by atoms with Gasteiger partial charge in [-0.15, -0.1) is 22.7 Å². The minimum atomic E-state index is -0.741. The fourth-order valence-corrected chi connectivity index (χ4v) is 6.25. The Bertz CT molecular complexity index is 1420. The summed E-state index contributed by atoms with van der Waals surface area (Å²) in [5.41, 5.74) is 0.796. The molecule has 1 aliphatic rings. The second kappa shape index (κ2) is 8.63. The molecule has 0 spiro atoms. The molecule has 4 aromatic rings. The molecule has 5 rings (SSSR count). The molecular weight excluding hydrogens is 470 g/mol. The average molecular weight is 492 g/mol. The summed E-state index contributed by atoms with van der Waals surface area (Å²) in [6.45, 7) is 1.81. The number of anilines is 1. The number of amides is 1. The van der Waals surface area contributed by atoms with Crippen molar-refractivity contribution in [2.24, 2.45) is 7.05 Å². The second-order valence-electron chi connectivity index (χ2n) is 8.22. The van der Waals surface area contributed by atoms with Crippen LogP contribution in [0.3, 0.4) is 0 Å². The molecule has 1 aliphatic carbocycles. The summed E-state index contributed by atoms with van der Waals surface area (Å²) in [5.74, 6) is 5.94. The molecule has 0 saturated heterocycles. The molecule has 1 amide bonds. The third-order valence-corrected chi connectivity index (χ3v) is 8.39. The highest BCUT2D eigenvalue weighted by Gasteiger charge is 2.53. The van der Waals surface area contributed by atoms with E-state index in [9.17, 15) is 14.7 Å². The molecule has 3 aromatic heterocycles. The van der Waals surface area contributed by atoms with Crippen molar-refractivity contribution in [3.63, 3.8) is 0 Å². The summed E-state index contributed by atoms with van der Waals surface area (Å²) in [4.78, 5) is 25.8. The van der Waals surface area contributed by atoms with Gasteiger partial charge in [-0.2, -0.15) is 5.10 Å². The highest BCUT2D eigenvalue weighted by atomic mass is 32.2. The Kier molecular flexibility index (Phi) is 5.63. The maximum Gasteiger partial charge on any atom is 0.413 e. The Morgan fingerprint density at radius 1 is 1.21 bits per heavy atom. The molecular formula is C25H21N3O4S2. The highest BCUT2D eigenvalue weighted by molar-refractivity contribution is 7.38. The number of ether oxygens (including phenoxy) is 1. The summed E-state index contributed by atoms with van der Waals surface area (Å²) in [7, 11) is 1.72. The van der Waals surface area contributed by atoms with Gasteiger partial charge in [-0.25, -0.2) is 4.79 Å². The van der Waals surface area contributed by atoms with Crippen LogP contribution in [0.4, 0.5) is 10.6 Å². The molecule has 0 radical (unpaired) electrons. The summed E-state index contributed by atoms with van der Waals surface area (Å²) >= 11 is 3.08. The average Bonchev–Trinajstić information content (AvgIpc) is 3.26. The van der Waals surface area contributed by atoms with Crippen molar-refractivity contribution in [2.45, 2.75) is 31.3 Å². The van der Waals surface area contributed by atoms with Crippen LogP contribution in [-0.4, -0.2) is 26.9 Å². The van der Waals surface area contributed by atoms with Gasteiger partial charge in [0.25, 0.3) is 0 Å². The second-order valence-corrected chi connectivity index (χ2v) is 10.6. The van der Waals surface area contributed by atoms with Gasteiger partial charge in [0.05, 0.1) is 20.7 Å². The third-order valence-electron chi connectivity index (χ3n) is 5.88. The van der Waals surface area contributed by atoms with E-state index in [2.05, 4.69) is 22.3 Å². The number of fused-ring (bicyclic) bond motifs is 1. The molecule has 9 heteroatoms. The van der Waals surface area contributed by atoms with Gasteiger partial charge in [0, 0.05) is 17.3 Å². The first kappa shape index (κ1) is 22.2. The first-order valence-corrected chi connectivity index (χ1v) is 12.3. The van der Waals surface area contributed by atoms with Crippen molar-refractivity contribution in [3.8, 4) is 11.8 Å². The minimum absolute atomic E-state index is 0.399. The van der Waals surface area contributed by atoms with E-state index in [1.54, 1.807) is 17.9 Å². The molecule has 1 atom stereocenters. The van der Waals surface area contributed by atoms with Crippen LogP contribution in [0, 0.1) is 11.8 Å². The topological polar surface area (TPSA) is 93.4 Å². The fraction of sp³-hybridized carbons (Fsp3) is 0.240. The summed E-state index contributed by atoms with van der Waals surface area (Å²) in [6, 6.07) is 13.5. The standard InChI is InChI=1S/C25H21N3O4S2/c1-15(16-6-4-3-5-7-16)32-24(31)27-21-17(14-26-28(21)2)8-9-19-12-18-13-20(34-22(18)33-19)25(10-11-25)23(29)30/h3-7,12-15H,10-11H2,1-2H3,(H,27,31)(H,29,30). The monoisotopic (exact) mass is 491 g/mol. The lowest BCUT2D eigenvalue weighted by Gasteiger charge is -2.14. The quantitative estimate of drug-likeness (QED) is 0.359. The number of carboxylic acids is 1. The van der Waals surface area contributed by atoms with Gasteiger partial charge in [-0.05, 0) is 37.5 Å². The minimum Gasteiger partial charge on any atom is -0.481 e. The smallest absolute Gasteiger partial charge is 0.413 e. The van der Waals surface area contributed by atoms with Crippen LogP contribution >= 0.6 is 22.7 Å². The van der Waals surface area contributed by atoms with E-state index in [-0.39, 0.29) is 0 Å². The Hall–Kier alpha value is -3.61. The van der Waals surface area contributed by atoms with Crippen LogP contribution in [0.1, 0.15) is 46.8 Å². The van der Waals surface area contributed by atoms with Gasteiger partial charge >= 0.3 is 12.1 Å². The fourth-order valence-electron chi connectivity index (χ4n) is 3.71. The molecule has 1 aromatic carbocycles. The third kappa shape index (κ3) is 4.18. The number of aromatic nitrogens is 2. The number of nitrogens with zero attached hydrogens (tertiary/aromatic N) is 2. The van der Waals surface area contributed by atoms with Crippen LogP contribution < -0.4 is 5.32 Å². The van der Waals surface area contributed by atoms with E-state index in [1.165, 1.54) is 22.7 Å².